The first-order valence-electron chi connectivity index (χ1n) is 5.42. The number of phenols is 1. The number of rotatable bonds is 3. The molecule has 1 aromatic heterocycles. The Morgan fingerprint density at radius 2 is 2.06 bits per heavy atom. The van der Waals surface area contributed by atoms with Crippen LogP contribution < -0.4 is 0 Å². The van der Waals surface area contributed by atoms with Crippen molar-refractivity contribution in [3.05, 3.63) is 40.9 Å². The molecule has 2 aromatic rings. The maximum Gasteiger partial charge on any atom is 0.275 e. The van der Waals surface area contributed by atoms with Crippen molar-refractivity contribution in [2.75, 3.05) is 7.05 Å². The van der Waals surface area contributed by atoms with Crippen LogP contribution in [0.25, 0.3) is 0 Å². The molecule has 1 unspecified atom stereocenters. The van der Waals surface area contributed by atoms with Crippen LogP contribution in [0.3, 0.4) is 0 Å². The van der Waals surface area contributed by atoms with E-state index < -0.39 is 0 Å². The van der Waals surface area contributed by atoms with Crippen LogP contribution in [0.15, 0.2) is 29.6 Å². The van der Waals surface area contributed by atoms with Crippen molar-refractivity contribution in [2.24, 2.45) is 0 Å². The largest absolute Gasteiger partial charge is 0.508 e. The summed E-state index contributed by atoms with van der Waals surface area (Å²) in [5.74, 6) is 0.0490. The summed E-state index contributed by atoms with van der Waals surface area (Å²) in [6.07, 6.45) is 0. The van der Waals surface area contributed by atoms with E-state index in [0.29, 0.717) is 5.69 Å². The number of aromatic hydroxyl groups is 1. The van der Waals surface area contributed by atoms with Gasteiger partial charge in [-0.25, -0.2) is 0 Å². The molecule has 1 aromatic carbocycles. The van der Waals surface area contributed by atoms with Gasteiger partial charge < -0.3 is 10.0 Å². The van der Waals surface area contributed by atoms with E-state index in [1.807, 2.05) is 6.92 Å². The van der Waals surface area contributed by atoms with Crippen LogP contribution in [0.5, 0.6) is 5.75 Å². The quantitative estimate of drug-likeness (QED) is 0.920. The summed E-state index contributed by atoms with van der Waals surface area (Å²) >= 11 is 1.15. The van der Waals surface area contributed by atoms with Crippen molar-refractivity contribution in [1.82, 2.24) is 14.5 Å². The summed E-state index contributed by atoms with van der Waals surface area (Å²) in [6, 6.07) is 6.70. The van der Waals surface area contributed by atoms with Crippen molar-refractivity contribution in [3.63, 3.8) is 0 Å². The second-order valence-electron chi connectivity index (χ2n) is 3.97. The number of nitrogens with zero attached hydrogens (tertiary/aromatic N) is 3. The van der Waals surface area contributed by atoms with Crippen molar-refractivity contribution in [1.29, 1.82) is 0 Å². The number of benzene rings is 1. The summed E-state index contributed by atoms with van der Waals surface area (Å²) in [7, 11) is 1.72. The van der Waals surface area contributed by atoms with Crippen LogP contribution in [-0.4, -0.2) is 32.5 Å². The number of aromatic nitrogens is 2. The van der Waals surface area contributed by atoms with Gasteiger partial charge in [-0.3, -0.25) is 4.79 Å². The highest BCUT2D eigenvalue weighted by atomic mass is 32.1. The highest BCUT2D eigenvalue weighted by Crippen LogP contribution is 2.22. The van der Waals surface area contributed by atoms with Gasteiger partial charge in [0.25, 0.3) is 5.91 Å². The number of hydrogen-bond donors (Lipinski definition) is 1. The van der Waals surface area contributed by atoms with E-state index in [4.69, 9.17) is 0 Å². The zero-order valence-electron chi connectivity index (χ0n) is 10.1. The predicted molar refractivity (Wildman–Crippen MR) is 68.5 cm³/mol. The average molecular weight is 263 g/mol. The van der Waals surface area contributed by atoms with Gasteiger partial charge in [0.2, 0.25) is 0 Å². The zero-order valence-corrected chi connectivity index (χ0v) is 10.9. The van der Waals surface area contributed by atoms with Gasteiger partial charge in [-0.2, -0.15) is 0 Å². The van der Waals surface area contributed by atoms with Crippen LogP contribution in [0.2, 0.25) is 0 Å². The van der Waals surface area contributed by atoms with Gasteiger partial charge in [0.1, 0.15) is 5.75 Å². The van der Waals surface area contributed by atoms with E-state index in [9.17, 15) is 9.90 Å². The third-order valence-corrected chi connectivity index (χ3v) is 3.36. The Labute approximate surface area is 109 Å². The average Bonchev–Trinajstić information content (AvgIpc) is 2.91. The molecule has 0 aliphatic carbocycles. The fourth-order valence-electron chi connectivity index (χ4n) is 1.59. The molecule has 0 saturated carbocycles. The first-order valence-corrected chi connectivity index (χ1v) is 6.26. The lowest BCUT2D eigenvalue weighted by Gasteiger charge is -2.24. The Balaban J connectivity index is 2.16. The van der Waals surface area contributed by atoms with E-state index in [1.165, 1.54) is 0 Å². The van der Waals surface area contributed by atoms with E-state index >= 15 is 0 Å². The third-order valence-electron chi connectivity index (χ3n) is 2.86. The van der Waals surface area contributed by atoms with Gasteiger partial charge in [0, 0.05) is 12.4 Å². The Kier molecular flexibility index (Phi) is 3.57. The Bertz CT molecular complexity index is 525. The molecule has 0 bridgehead atoms. The van der Waals surface area contributed by atoms with Crippen molar-refractivity contribution >= 4 is 17.4 Å². The summed E-state index contributed by atoms with van der Waals surface area (Å²) in [4.78, 5) is 13.7. The summed E-state index contributed by atoms with van der Waals surface area (Å²) in [5.41, 5.74) is 1.31. The first-order chi connectivity index (χ1) is 8.59. The van der Waals surface area contributed by atoms with Crippen LogP contribution in [0.4, 0.5) is 0 Å². The number of amides is 1. The summed E-state index contributed by atoms with van der Waals surface area (Å²) in [6.45, 7) is 1.92. The molecule has 0 aliphatic heterocycles. The van der Waals surface area contributed by atoms with Gasteiger partial charge in [-0.15, -0.1) is 5.10 Å². The lowest BCUT2D eigenvalue weighted by atomic mass is 10.1. The fraction of sp³-hybridized carbons (Fsp3) is 0.250. The summed E-state index contributed by atoms with van der Waals surface area (Å²) in [5, 5.41) is 14.6. The molecular formula is C12H13N3O2S. The summed E-state index contributed by atoms with van der Waals surface area (Å²) < 4.78 is 3.68. The molecule has 1 N–H and O–H groups in total. The SMILES string of the molecule is CC(c1ccc(O)cc1)N(C)C(=O)c1csnn1. The van der Waals surface area contributed by atoms with Crippen molar-refractivity contribution in [3.8, 4) is 5.75 Å². The highest BCUT2D eigenvalue weighted by Gasteiger charge is 2.20. The molecule has 6 heteroatoms. The number of hydrogen-bond acceptors (Lipinski definition) is 5. The van der Waals surface area contributed by atoms with E-state index in [0.717, 1.165) is 17.1 Å². The van der Waals surface area contributed by atoms with Crippen LogP contribution in [-0.2, 0) is 0 Å². The molecule has 2 rings (SSSR count). The number of carbonyl (C=O) groups excluding carboxylic acids is 1. The van der Waals surface area contributed by atoms with Gasteiger partial charge in [0.15, 0.2) is 5.69 Å². The van der Waals surface area contributed by atoms with Gasteiger partial charge in [0.05, 0.1) is 6.04 Å². The van der Waals surface area contributed by atoms with E-state index in [2.05, 4.69) is 9.59 Å². The van der Waals surface area contributed by atoms with Crippen LogP contribution >= 0.6 is 11.5 Å². The minimum atomic E-state index is -0.163. The molecule has 0 radical (unpaired) electrons. The molecule has 1 atom stereocenters. The van der Waals surface area contributed by atoms with E-state index in [-0.39, 0.29) is 17.7 Å². The first kappa shape index (κ1) is 12.5. The molecular weight excluding hydrogens is 250 g/mol. The lowest BCUT2D eigenvalue weighted by Crippen LogP contribution is -2.29. The number of phenolic OH excluding ortho intramolecular Hbond substituents is 1. The minimum Gasteiger partial charge on any atom is -0.508 e. The Hall–Kier alpha value is -1.95. The zero-order chi connectivity index (χ0) is 13.1. The van der Waals surface area contributed by atoms with Crippen LogP contribution in [0.1, 0.15) is 29.0 Å². The molecule has 0 aliphatic rings. The van der Waals surface area contributed by atoms with E-state index in [1.54, 1.807) is 41.6 Å². The minimum absolute atomic E-state index is 0.0974. The predicted octanol–water partition coefficient (Wildman–Crippen LogP) is 2.08. The monoisotopic (exact) mass is 263 g/mol. The van der Waals surface area contributed by atoms with Crippen molar-refractivity contribution < 1.29 is 9.90 Å². The maximum atomic E-state index is 12.1. The smallest absolute Gasteiger partial charge is 0.275 e. The molecule has 18 heavy (non-hydrogen) atoms. The normalized spacial score (nSPS) is 12.1. The molecule has 0 spiro atoms. The van der Waals surface area contributed by atoms with Crippen molar-refractivity contribution in [2.45, 2.75) is 13.0 Å². The highest BCUT2D eigenvalue weighted by molar-refractivity contribution is 7.03. The van der Waals surface area contributed by atoms with Gasteiger partial charge in [-0.05, 0) is 36.2 Å². The van der Waals surface area contributed by atoms with Gasteiger partial charge in [-0.1, -0.05) is 16.6 Å². The topological polar surface area (TPSA) is 66.3 Å². The molecule has 94 valence electrons. The second kappa shape index (κ2) is 5.14. The number of carbonyl (C=O) groups is 1. The van der Waals surface area contributed by atoms with Gasteiger partial charge >= 0.3 is 0 Å². The Morgan fingerprint density at radius 3 is 2.61 bits per heavy atom. The molecule has 0 saturated heterocycles. The molecule has 1 amide bonds. The third kappa shape index (κ3) is 2.48. The standard InChI is InChI=1S/C12H13N3O2S/c1-8(9-3-5-10(16)6-4-9)15(2)12(17)11-7-18-14-13-11/h3-8,16H,1-2H3. The fourth-order valence-corrected chi connectivity index (χ4v) is 2.02. The molecule has 5 nitrogen and oxygen atoms in total. The molecule has 0 fully saturated rings. The lowest BCUT2D eigenvalue weighted by molar-refractivity contribution is 0.0736. The second-order valence-corrected chi connectivity index (χ2v) is 4.58. The Morgan fingerprint density at radius 1 is 1.39 bits per heavy atom. The molecule has 1 heterocycles. The van der Waals surface area contributed by atoms with Crippen LogP contribution in [0, 0.1) is 0 Å². The maximum absolute atomic E-state index is 12.1.